The van der Waals surface area contributed by atoms with E-state index in [0.29, 0.717) is 12.0 Å². The summed E-state index contributed by atoms with van der Waals surface area (Å²) in [5.74, 6) is 0.531. The summed E-state index contributed by atoms with van der Waals surface area (Å²) in [5.41, 5.74) is 5.98. The van der Waals surface area contributed by atoms with Crippen molar-refractivity contribution in [1.82, 2.24) is 5.32 Å². The normalized spacial score (nSPS) is 26.3. The van der Waals surface area contributed by atoms with Crippen LogP contribution in [0.2, 0.25) is 0 Å². The zero-order valence-electron chi connectivity index (χ0n) is 10.9. The van der Waals surface area contributed by atoms with E-state index in [4.69, 9.17) is 5.73 Å². The van der Waals surface area contributed by atoms with E-state index in [1.54, 1.807) is 11.3 Å². The lowest BCUT2D eigenvalue weighted by Crippen LogP contribution is -2.43. The molecular weight excluding hydrogens is 244 g/mol. The van der Waals surface area contributed by atoms with Gasteiger partial charge in [0.05, 0.1) is 0 Å². The van der Waals surface area contributed by atoms with Gasteiger partial charge in [0.25, 0.3) is 0 Å². The molecule has 18 heavy (non-hydrogen) atoms. The second-order valence-electron chi connectivity index (χ2n) is 5.22. The largest absolute Gasteiger partial charge is 0.351 e. The smallest absolute Gasteiger partial charge is 0.242 e. The zero-order valence-corrected chi connectivity index (χ0v) is 11.7. The molecule has 0 aliphatic heterocycles. The minimum Gasteiger partial charge on any atom is -0.351 e. The molecule has 1 heterocycles. The number of carbonyl (C=O) groups excluding carboxylic acids is 1. The summed E-state index contributed by atoms with van der Waals surface area (Å²) in [7, 11) is 0. The van der Waals surface area contributed by atoms with Crippen LogP contribution in [0.5, 0.6) is 0 Å². The van der Waals surface area contributed by atoms with Gasteiger partial charge in [0.2, 0.25) is 5.91 Å². The maximum absolute atomic E-state index is 12.1. The van der Waals surface area contributed by atoms with E-state index < -0.39 is 6.04 Å². The number of hydrogen-bond donors (Lipinski definition) is 2. The number of amides is 1. The predicted octanol–water partition coefficient (Wildman–Crippen LogP) is 2.83. The van der Waals surface area contributed by atoms with Gasteiger partial charge in [-0.05, 0) is 30.2 Å². The molecule has 2 rings (SSSR count). The zero-order chi connectivity index (χ0) is 13.0. The van der Waals surface area contributed by atoms with Gasteiger partial charge in [-0.15, -0.1) is 11.3 Å². The summed E-state index contributed by atoms with van der Waals surface area (Å²) in [5, 5.41) is 5.09. The molecule has 4 heteroatoms. The van der Waals surface area contributed by atoms with Gasteiger partial charge < -0.3 is 11.1 Å². The minimum atomic E-state index is -0.513. The highest BCUT2D eigenvalue weighted by Gasteiger charge is 2.24. The first-order valence-corrected chi connectivity index (χ1v) is 7.66. The Hall–Kier alpha value is -0.870. The maximum atomic E-state index is 12.1. The summed E-state index contributed by atoms with van der Waals surface area (Å²) in [6.07, 6.45) is 6.07. The van der Waals surface area contributed by atoms with Crippen LogP contribution in [0.25, 0.3) is 0 Å². The van der Waals surface area contributed by atoms with Crippen molar-refractivity contribution in [3.8, 4) is 0 Å². The summed E-state index contributed by atoms with van der Waals surface area (Å²) >= 11 is 1.54. The Balaban J connectivity index is 1.93. The molecule has 1 aromatic rings. The molecule has 3 atom stereocenters. The van der Waals surface area contributed by atoms with Gasteiger partial charge in [-0.25, -0.2) is 0 Å². The summed E-state index contributed by atoms with van der Waals surface area (Å²) in [6, 6.07) is 3.64. The molecule has 1 amide bonds. The molecule has 100 valence electrons. The molecule has 1 aromatic heterocycles. The highest BCUT2D eigenvalue weighted by molar-refractivity contribution is 7.10. The first-order chi connectivity index (χ1) is 8.68. The molecule has 0 saturated heterocycles. The molecule has 0 aromatic carbocycles. The van der Waals surface area contributed by atoms with E-state index >= 15 is 0 Å². The molecular formula is C14H22N2OS. The summed E-state index contributed by atoms with van der Waals surface area (Å²) in [6.45, 7) is 2.23. The number of nitrogens with one attached hydrogen (secondary N) is 1. The van der Waals surface area contributed by atoms with Gasteiger partial charge >= 0.3 is 0 Å². The Morgan fingerprint density at radius 2 is 2.22 bits per heavy atom. The lowest BCUT2D eigenvalue weighted by molar-refractivity contribution is -0.123. The van der Waals surface area contributed by atoms with E-state index in [1.807, 2.05) is 17.5 Å². The number of hydrogen-bond acceptors (Lipinski definition) is 3. The number of rotatable bonds is 3. The van der Waals surface area contributed by atoms with Crippen molar-refractivity contribution in [2.45, 2.75) is 51.1 Å². The van der Waals surface area contributed by atoms with Crippen molar-refractivity contribution in [1.29, 1.82) is 0 Å². The van der Waals surface area contributed by atoms with Gasteiger partial charge in [0.15, 0.2) is 0 Å². The van der Waals surface area contributed by atoms with Gasteiger partial charge in [-0.1, -0.05) is 32.3 Å². The standard InChI is InChI=1S/C14H22N2OS/c1-10-6-3-2-4-7-11(10)16-14(17)13(15)12-8-5-9-18-12/h5,8-11,13H,2-4,6-7,15H2,1H3,(H,16,17). The third-order valence-electron chi connectivity index (χ3n) is 3.82. The first-order valence-electron chi connectivity index (χ1n) is 6.78. The van der Waals surface area contributed by atoms with Crippen molar-refractivity contribution in [2.24, 2.45) is 11.7 Å². The van der Waals surface area contributed by atoms with Crippen LogP contribution < -0.4 is 11.1 Å². The SMILES string of the molecule is CC1CCCCCC1NC(=O)C(N)c1cccs1. The van der Waals surface area contributed by atoms with Gasteiger partial charge in [-0.3, -0.25) is 4.79 Å². The average molecular weight is 266 g/mol. The van der Waals surface area contributed by atoms with Crippen LogP contribution in [0.4, 0.5) is 0 Å². The van der Waals surface area contributed by atoms with Crippen molar-refractivity contribution in [2.75, 3.05) is 0 Å². The number of nitrogens with two attached hydrogens (primary N) is 1. The van der Waals surface area contributed by atoms with Crippen LogP contribution in [-0.4, -0.2) is 11.9 Å². The molecule has 1 saturated carbocycles. The predicted molar refractivity (Wildman–Crippen MR) is 75.4 cm³/mol. The fourth-order valence-electron chi connectivity index (χ4n) is 2.58. The average Bonchev–Trinajstić information content (AvgIpc) is 2.82. The second kappa shape index (κ2) is 6.34. The van der Waals surface area contributed by atoms with Crippen molar-refractivity contribution in [3.05, 3.63) is 22.4 Å². The fraction of sp³-hybridized carbons (Fsp3) is 0.643. The minimum absolute atomic E-state index is 0.0313. The van der Waals surface area contributed by atoms with Crippen LogP contribution in [0.1, 0.15) is 49.9 Å². The molecule has 1 aliphatic carbocycles. The van der Waals surface area contributed by atoms with Crippen LogP contribution in [0.3, 0.4) is 0 Å². The van der Waals surface area contributed by atoms with E-state index in [9.17, 15) is 4.79 Å². The van der Waals surface area contributed by atoms with Crippen molar-refractivity contribution >= 4 is 17.2 Å². The maximum Gasteiger partial charge on any atom is 0.242 e. The topological polar surface area (TPSA) is 55.1 Å². The Bertz CT molecular complexity index is 377. The van der Waals surface area contributed by atoms with Gasteiger partial charge in [-0.2, -0.15) is 0 Å². The van der Waals surface area contributed by atoms with E-state index in [0.717, 1.165) is 11.3 Å². The fourth-order valence-corrected chi connectivity index (χ4v) is 3.30. The molecule has 0 spiro atoms. The Labute approximate surface area is 113 Å². The lowest BCUT2D eigenvalue weighted by Gasteiger charge is -2.24. The van der Waals surface area contributed by atoms with Crippen LogP contribution >= 0.6 is 11.3 Å². The Kier molecular flexibility index (Phi) is 4.78. The quantitative estimate of drug-likeness (QED) is 0.827. The van der Waals surface area contributed by atoms with Crippen LogP contribution in [-0.2, 0) is 4.79 Å². The van der Waals surface area contributed by atoms with Gasteiger partial charge in [0.1, 0.15) is 6.04 Å². The van der Waals surface area contributed by atoms with E-state index in [1.165, 1.54) is 25.7 Å². The third kappa shape index (κ3) is 3.33. The number of carbonyl (C=O) groups is 1. The molecule has 3 nitrogen and oxygen atoms in total. The Morgan fingerprint density at radius 1 is 1.44 bits per heavy atom. The second-order valence-corrected chi connectivity index (χ2v) is 6.20. The molecule has 0 radical (unpaired) electrons. The Morgan fingerprint density at radius 3 is 2.94 bits per heavy atom. The van der Waals surface area contributed by atoms with Crippen molar-refractivity contribution in [3.63, 3.8) is 0 Å². The van der Waals surface area contributed by atoms with Crippen LogP contribution in [0, 0.1) is 5.92 Å². The summed E-state index contributed by atoms with van der Waals surface area (Å²) in [4.78, 5) is 13.1. The summed E-state index contributed by atoms with van der Waals surface area (Å²) < 4.78 is 0. The highest BCUT2D eigenvalue weighted by Crippen LogP contribution is 2.24. The lowest BCUT2D eigenvalue weighted by atomic mass is 9.96. The third-order valence-corrected chi connectivity index (χ3v) is 4.78. The highest BCUT2D eigenvalue weighted by atomic mass is 32.1. The molecule has 3 unspecified atom stereocenters. The molecule has 3 N–H and O–H groups in total. The number of thiophene rings is 1. The van der Waals surface area contributed by atoms with Gasteiger partial charge in [0, 0.05) is 10.9 Å². The first kappa shape index (κ1) is 13.6. The molecule has 1 fully saturated rings. The molecule has 0 bridgehead atoms. The monoisotopic (exact) mass is 266 g/mol. The van der Waals surface area contributed by atoms with E-state index in [-0.39, 0.29) is 5.91 Å². The van der Waals surface area contributed by atoms with Crippen LogP contribution in [0.15, 0.2) is 17.5 Å². The van der Waals surface area contributed by atoms with E-state index in [2.05, 4.69) is 12.2 Å². The van der Waals surface area contributed by atoms with Crippen molar-refractivity contribution < 1.29 is 4.79 Å². The molecule has 1 aliphatic rings.